The molecular formula is C17H23FN2O2. The van der Waals surface area contributed by atoms with Gasteiger partial charge < -0.3 is 9.15 Å². The number of hydrogen-bond acceptors (Lipinski definition) is 4. The van der Waals surface area contributed by atoms with E-state index in [1.165, 1.54) is 12.1 Å². The van der Waals surface area contributed by atoms with Gasteiger partial charge in [0.05, 0.1) is 12.7 Å². The number of likely N-dealkylation sites (N-methyl/N-ethyl adjacent to an activating group) is 1. The highest BCUT2D eigenvalue weighted by Gasteiger charge is 2.19. The smallest absolute Gasteiger partial charge is 0.208 e. The summed E-state index contributed by atoms with van der Waals surface area (Å²) in [6, 6.07) is 6.15. The van der Waals surface area contributed by atoms with Gasteiger partial charge in [0, 0.05) is 18.0 Å². The third kappa shape index (κ3) is 4.84. The van der Waals surface area contributed by atoms with Crippen molar-refractivity contribution in [3.8, 4) is 5.75 Å². The average molecular weight is 306 g/mol. The van der Waals surface area contributed by atoms with E-state index in [-0.39, 0.29) is 11.2 Å². The minimum absolute atomic E-state index is 0.0374. The van der Waals surface area contributed by atoms with E-state index >= 15 is 0 Å². The van der Waals surface area contributed by atoms with Crippen molar-refractivity contribution in [2.24, 2.45) is 0 Å². The van der Waals surface area contributed by atoms with Crippen molar-refractivity contribution in [1.82, 2.24) is 9.88 Å². The van der Waals surface area contributed by atoms with Crippen LogP contribution in [-0.2, 0) is 12.0 Å². The fraction of sp³-hybridized carbons (Fsp3) is 0.471. The van der Waals surface area contributed by atoms with E-state index < -0.39 is 0 Å². The van der Waals surface area contributed by atoms with E-state index in [2.05, 4.69) is 30.7 Å². The van der Waals surface area contributed by atoms with Crippen molar-refractivity contribution < 1.29 is 13.5 Å². The van der Waals surface area contributed by atoms with Crippen molar-refractivity contribution in [1.29, 1.82) is 0 Å². The highest BCUT2D eigenvalue weighted by molar-refractivity contribution is 5.22. The summed E-state index contributed by atoms with van der Waals surface area (Å²) in [6.45, 7) is 8.06. The van der Waals surface area contributed by atoms with Crippen LogP contribution in [0.4, 0.5) is 4.39 Å². The maximum atomic E-state index is 13.0. The molecule has 0 radical (unpaired) electrons. The van der Waals surface area contributed by atoms with Gasteiger partial charge in [-0.15, -0.1) is 0 Å². The minimum atomic E-state index is -0.291. The van der Waals surface area contributed by atoms with Crippen LogP contribution in [0.1, 0.15) is 32.4 Å². The number of rotatable bonds is 6. The molecule has 120 valence electrons. The zero-order valence-corrected chi connectivity index (χ0v) is 13.6. The van der Waals surface area contributed by atoms with Crippen LogP contribution < -0.4 is 4.74 Å². The summed E-state index contributed by atoms with van der Waals surface area (Å²) in [7, 11) is 1.97. The molecule has 5 heteroatoms. The van der Waals surface area contributed by atoms with Gasteiger partial charge >= 0.3 is 0 Å². The number of benzene rings is 1. The molecule has 0 N–H and O–H groups in total. The first-order chi connectivity index (χ1) is 10.3. The first-order valence-corrected chi connectivity index (χ1v) is 7.37. The molecule has 0 saturated carbocycles. The monoisotopic (exact) mass is 306 g/mol. The van der Waals surface area contributed by atoms with Crippen LogP contribution >= 0.6 is 0 Å². The van der Waals surface area contributed by atoms with E-state index in [1.54, 1.807) is 18.3 Å². The number of halogens is 1. The Balaban J connectivity index is 1.78. The fourth-order valence-corrected chi connectivity index (χ4v) is 1.92. The van der Waals surface area contributed by atoms with Crippen LogP contribution in [-0.4, -0.2) is 30.1 Å². The second-order valence-electron chi connectivity index (χ2n) is 6.41. The summed E-state index contributed by atoms with van der Waals surface area (Å²) < 4.78 is 24.3. The molecule has 0 bridgehead atoms. The van der Waals surface area contributed by atoms with E-state index in [0.29, 0.717) is 31.3 Å². The van der Waals surface area contributed by atoms with Gasteiger partial charge in [-0.1, -0.05) is 26.8 Å². The Morgan fingerprint density at radius 1 is 1.32 bits per heavy atom. The molecule has 0 saturated heterocycles. The molecule has 1 aromatic heterocycles. The third-order valence-electron chi connectivity index (χ3n) is 3.24. The average Bonchev–Trinajstić information content (AvgIpc) is 2.87. The first kappa shape index (κ1) is 16.5. The second kappa shape index (κ2) is 6.92. The van der Waals surface area contributed by atoms with Crippen molar-refractivity contribution in [2.75, 3.05) is 20.2 Å². The predicted molar refractivity (Wildman–Crippen MR) is 83.4 cm³/mol. The van der Waals surface area contributed by atoms with Gasteiger partial charge in [0.25, 0.3) is 0 Å². The van der Waals surface area contributed by atoms with Gasteiger partial charge in [0.1, 0.15) is 23.9 Å². The molecule has 0 aliphatic heterocycles. The van der Waals surface area contributed by atoms with Gasteiger partial charge in [-0.3, -0.25) is 4.90 Å². The molecule has 0 amide bonds. The number of nitrogens with zero attached hydrogens (tertiary/aromatic N) is 2. The number of aromatic nitrogens is 1. The summed E-state index contributed by atoms with van der Waals surface area (Å²) in [5.41, 5.74) is -0.0374. The molecule has 2 rings (SSSR count). The summed E-state index contributed by atoms with van der Waals surface area (Å²) in [5, 5.41) is 0. The van der Waals surface area contributed by atoms with Crippen molar-refractivity contribution in [2.45, 2.75) is 32.7 Å². The van der Waals surface area contributed by atoms with Crippen molar-refractivity contribution >= 4 is 0 Å². The molecule has 4 nitrogen and oxygen atoms in total. The van der Waals surface area contributed by atoms with Crippen LogP contribution in [0.3, 0.4) is 0 Å². The van der Waals surface area contributed by atoms with Gasteiger partial charge in [-0.05, 0) is 19.2 Å². The van der Waals surface area contributed by atoms with Crippen LogP contribution in [0.2, 0.25) is 0 Å². The Kier molecular flexibility index (Phi) is 5.19. The summed E-state index contributed by atoms with van der Waals surface area (Å²) >= 11 is 0. The summed E-state index contributed by atoms with van der Waals surface area (Å²) in [6.07, 6.45) is 1.78. The van der Waals surface area contributed by atoms with Gasteiger partial charge in [-0.25, -0.2) is 9.37 Å². The zero-order valence-electron chi connectivity index (χ0n) is 13.6. The van der Waals surface area contributed by atoms with Crippen LogP contribution in [0.15, 0.2) is 34.9 Å². The Morgan fingerprint density at radius 3 is 2.73 bits per heavy atom. The maximum absolute atomic E-state index is 13.0. The maximum Gasteiger partial charge on any atom is 0.208 e. The Labute approximate surface area is 130 Å². The Hall–Kier alpha value is -1.88. The highest BCUT2D eigenvalue weighted by atomic mass is 19.1. The molecule has 0 aliphatic carbocycles. The highest BCUT2D eigenvalue weighted by Crippen LogP contribution is 2.22. The second-order valence-corrected chi connectivity index (χ2v) is 6.41. The van der Waals surface area contributed by atoms with Crippen molar-refractivity contribution in [3.63, 3.8) is 0 Å². The molecule has 22 heavy (non-hydrogen) atoms. The lowest BCUT2D eigenvalue weighted by Gasteiger charge is -2.16. The first-order valence-electron chi connectivity index (χ1n) is 7.37. The fourth-order valence-electron chi connectivity index (χ4n) is 1.92. The third-order valence-corrected chi connectivity index (χ3v) is 3.24. The standard InChI is InChI=1S/C17H23FN2O2/c1-17(2,3)15-11-19-16(22-15)12-20(4)8-9-21-14-7-5-6-13(18)10-14/h5-7,10-11H,8-9,12H2,1-4H3. The topological polar surface area (TPSA) is 38.5 Å². The number of hydrogen-bond donors (Lipinski definition) is 0. The molecule has 0 spiro atoms. The zero-order chi connectivity index (χ0) is 16.2. The molecule has 0 fully saturated rings. The predicted octanol–water partition coefficient (Wildman–Crippen LogP) is 3.62. The number of oxazole rings is 1. The van der Waals surface area contributed by atoms with Gasteiger partial charge in [-0.2, -0.15) is 0 Å². The lowest BCUT2D eigenvalue weighted by Crippen LogP contribution is -2.24. The lowest BCUT2D eigenvalue weighted by atomic mass is 9.94. The minimum Gasteiger partial charge on any atom is -0.492 e. The Bertz CT molecular complexity index is 605. The molecule has 0 aliphatic rings. The Morgan fingerprint density at radius 2 is 2.09 bits per heavy atom. The molecule has 1 aromatic carbocycles. The molecule has 0 atom stereocenters. The summed E-state index contributed by atoms with van der Waals surface area (Å²) in [5.74, 6) is 1.82. The number of ether oxygens (including phenoxy) is 1. The molecule has 2 aromatic rings. The lowest BCUT2D eigenvalue weighted by molar-refractivity contribution is 0.216. The van der Waals surface area contributed by atoms with E-state index in [0.717, 1.165) is 5.76 Å². The van der Waals surface area contributed by atoms with Gasteiger partial charge in [0.2, 0.25) is 5.89 Å². The van der Waals surface area contributed by atoms with Crippen LogP contribution in [0.5, 0.6) is 5.75 Å². The molecule has 1 heterocycles. The van der Waals surface area contributed by atoms with Crippen molar-refractivity contribution in [3.05, 3.63) is 47.9 Å². The van der Waals surface area contributed by atoms with E-state index in [4.69, 9.17) is 9.15 Å². The quantitative estimate of drug-likeness (QED) is 0.817. The van der Waals surface area contributed by atoms with Crippen LogP contribution in [0, 0.1) is 5.82 Å². The largest absolute Gasteiger partial charge is 0.492 e. The SMILES string of the molecule is CN(CCOc1cccc(F)c1)Cc1ncc(C(C)(C)C)o1. The van der Waals surface area contributed by atoms with E-state index in [1.807, 2.05) is 7.05 Å². The normalized spacial score (nSPS) is 11.9. The van der Waals surface area contributed by atoms with Gasteiger partial charge in [0.15, 0.2) is 0 Å². The summed E-state index contributed by atoms with van der Waals surface area (Å²) in [4.78, 5) is 6.35. The van der Waals surface area contributed by atoms with Crippen LogP contribution in [0.25, 0.3) is 0 Å². The molecule has 0 unspecified atom stereocenters. The molecular weight excluding hydrogens is 283 g/mol. The van der Waals surface area contributed by atoms with E-state index in [9.17, 15) is 4.39 Å².